The topological polar surface area (TPSA) is 56.6 Å². The summed E-state index contributed by atoms with van der Waals surface area (Å²) >= 11 is 0. The molecule has 0 radical (unpaired) electrons. The third kappa shape index (κ3) is 3.34. The summed E-state index contributed by atoms with van der Waals surface area (Å²) in [6.45, 7) is 3.56. The number of hydrogen-bond donors (Lipinski definition) is 1. The number of carbonyl (C=O) groups is 1. The molecule has 2 fully saturated rings. The second kappa shape index (κ2) is 6.90. The summed E-state index contributed by atoms with van der Waals surface area (Å²) in [4.78, 5) is 18.3. The number of benzene rings is 1. The van der Waals surface area contributed by atoms with Crippen LogP contribution < -0.4 is 15.1 Å². The monoisotopic (exact) mass is 354 g/mol. The van der Waals surface area contributed by atoms with Crippen LogP contribution in [0.1, 0.15) is 12.8 Å². The molecule has 2 saturated heterocycles. The van der Waals surface area contributed by atoms with E-state index in [0.29, 0.717) is 6.04 Å². The summed E-state index contributed by atoms with van der Waals surface area (Å²) in [6, 6.07) is 8.93. The molecule has 0 unspecified atom stereocenters. The van der Waals surface area contributed by atoms with Crippen molar-refractivity contribution in [2.45, 2.75) is 18.9 Å². The van der Waals surface area contributed by atoms with Gasteiger partial charge in [0.05, 0.1) is 11.9 Å². The van der Waals surface area contributed by atoms with Gasteiger partial charge in [0.15, 0.2) is 0 Å². The van der Waals surface area contributed by atoms with E-state index >= 15 is 0 Å². The maximum absolute atomic E-state index is 12.2. The Bertz CT molecular complexity index is 780. The van der Waals surface area contributed by atoms with E-state index in [-0.39, 0.29) is 6.03 Å². The van der Waals surface area contributed by atoms with Gasteiger partial charge in [0.1, 0.15) is 0 Å². The molecule has 0 bridgehead atoms. The van der Waals surface area contributed by atoms with Crippen molar-refractivity contribution in [1.29, 1.82) is 0 Å². The zero-order valence-corrected chi connectivity index (χ0v) is 15.4. The molecule has 2 aromatic rings. The molecule has 26 heavy (non-hydrogen) atoms. The highest BCUT2D eigenvalue weighted by atomic mass is 16.2. The lowest BCUT2D eigenvalue weighted by Crippen LogP contribution is -2.39. The number of anilines is 3. The molecule has 4 rings (SSSR count). The number of urea groups is 1. The van der Waals surface area contributed by atoms with Crippen LogP contribution in [0.5, 0.6) is 0 Å². The number of carbonyl (C=O) groups excluding carboxylic acids is 1. The third-order valence-corrected chi connectivity index (χ3v) is 5.29. The first-order valence-corrected chi connectivity index (χ1v) is 9.23. The van der Waals surface area contributed by atoms with Crippen LogP contribution in [-0.2, 0) is 7.05 Å². The highest BCUT2D eigenvalue weighted by Crippen LogP contribution is 2.27. The van der Waals surface area contributed by atoms with Gasteiger partial charge >= 0.3 is 6.03 Å². The molecule has 0 atom stereocenters. The molecule has 138 valence electrons. The van der Waals surface area contributed by atoms with Gasteiger partial charge in [-0.1, -0.05) is 6.07 Å². The lowest BCUT2D eigenvalue weighted by Gasteiger charge is -2.34. The van der Waals surface area contributed by atoms with Crippen LogP contribution in [-0.4, -0.2) is 60.0 Å². The molecule has 7 nitrogen and oxygen atoms in total. The van der Waals surface area contributed by atoms with Gasteiger partial charge in [-0.15, -0.1) is 0 Å². The van der Waals surface area contributed by atoms with Gasteiger partial charge in [0, 0.05) is 63.9 Å². The smallest absolute Gasteiger partial charge is 0.324 e. The summed E-state index contributed by atoms with van der Waals surface area (Å²) in [5, 5.41) is 7.78. The first kappa shape index (κ1) is 16.8. The van der Waals surface area contributed by atoms with Crippen LogP contribution in [0.2, 0.25) is 0 Å². The van der Waals surface area contributed by atoms with Crippen LogP contribution in [0.15, 0.2) is 36.7 Å². The van der Waals surface area contributed by atoms with Crippen LogP contribution in [0.4, 0.5) is 21.9 Å². The second-order valence-corrected chi connectivity index (χ2v) is 7.18. The first-order valence-electron chi connectivity index (χ1n) is 9.23. The number of likely N-dealkylation sites (N-methyl/N-ethyl adjacent to an activating group) is 1. The maximum atomic E-state index is 12.2. The van der Waals surface area contributed by atoms with Crippen molar-refractivity contribution >= 4 is 23.1 Å². The molecule has 1 aromatic carbocycles. The van der Waals surface area contributed by atoms with E-state index in [9.17, 15) is 4.79 Å². The molecule has 0 aliphatic carbocycles. The molecule has 0 saturated carbocycles. The highest BCUT2D eigenvalue weighted by molar-refractivity contribution is 5.94. The van der Waals surface area contributed by atoms with Gasteiger partial charge in [-0.05, 0) is 31.0 Å². The van der Waals surface area contributed by atoms with E-state index in [0.717, 1.165) is 50.4 Å². The van der Waals surface area contributed by atoms with Gasteiger partial charge in [-0.2, -0.15) is 5.10 Å². The summed E-state index contributed by atoms with van der Waals surface area (Å²) in [5.74, 6) is 0. The fraction of sp³-hybridized carbons (Fsp3) is 0.474. The third-order valence-electron chi connectivity index (χ3n) is 5.29. The zero-order chi connectivity index (χ0) is 18.1. The number of aryl methyl sites for hydroxylation is 1. The highest BCUT2D eigenvalue weighted by Gasteiger charge is 2.27. The van der Waals surface area contributed by atoms with Crippen molar-refractivity contribution in [3.8, 4) is 0 Å². The molecule has 7 heteroatoms. The number of piperidine rings is 1. The number of rotatable bonds is 4. The molecule has 1 aromatic heterocycles. The molecule has 0 spiro atoms. The van der Waals surface area contributed by atoms with Crippen molar-refractivity contribution in [3.63, 3.8) is 0 Å². The average Bonchev–Trinajstić information content (AvgIpc) is 3.21. The number of nitrogens with one attached hydrogen (secondary N) is 1. The van der Waals surface area contributed by atoms with E-state index in [1.165, 1.54) is 5.69 Å². The molecular weight excluding hydrogens is 328 g/mol. The number of amides is 2. The predicted molar refractivity (Wildman–Crippen MR) is 104 cm³/mol. The number of hydrogen-bond acceptors (Lipinski definition) is 4. The quantitative estimate of drug-likeness (QED) is 0.916. The van der Waals surface area contributed by atoms with Crippen molar-refractivity contribution in [1.82, 2.24) is 14.7 Å². The fourth-order valence-corrected chi connectivity index (χ4v) is 3.76. The Morgan fingerprint density at radius 1 is 1.08 bits per heavy atom. The predicted octanol–water partition coefficient (Wildman–Crippen LogP) is 2.37. The van der Waals surface area contributed by atoms with Crippen molar-refractivity contribution < 1.29 is 4.79 Å². The van der Waals surface area contributed by atoms with E-state index in [1.54, 1.807) is 4.90 Å². The molecule has 2 aliphatic rings. The minimum Gasteiger partial charge on any atom is -0.380 e. The number of aromatic nitrogens is 2. The van der Waals surface area contributed by atoms with Crippen LogP contribution in [0.3, 0.4) is 0 Å². The van der Waals surface area contributed by atoms with Crippen LogP contribution in [0, 0.1) is 0 Å². The standard InChI is InChI=1S/C19H26N6O/c1-22-10-11-25(19(22)26)18-5-3-4-17(12-18)24-8-6-15(7-9-24)21-16-13-20-23(2)14-16/h3-5,12-15,21H,6-11H2,1-2H3. The van der Waals surface area contributed by atoms with Gasteiger partial charge < -0.3 is 15.1 Å². The normalized spacial score (nSPS) is 18.7. The summed E-state index contributed by atoms with van der Waals surface area (Å²) in [5.41, 5.74) is 3.28. The van der Waals surface area contributed by atoms with E-state index in [4.69, 9.17) is 0 Å². The Morgan fingerprint density at radius 2 is 1.85 bits per heavy atom. The van der Waals surface area contributed by atoms with Crippen LogP contribution in [0.25, 0.3) is 0 Å². The average molecular weight is 354 g/mol. The largest absolute Gasteiger partial charge is 0.380 e. The first-order chi connectivity index (χ1) is 12.6. The van der Waals surface area contributed by atoms with Crippen molar-refractivity contribution in [3.05, 3.63) is 36.7 Å². The molecular formula is C19H26N6O. The fourth-order valence-electron chi connectivity index (χ4n) is 3.76. The Kier molecular flexibility index (Phi) is 4.44. The summed E-state index contributed by atoms with van der Waals surface area (Å²) < 4.78 is 1.82. The molecule has 3 heterocycles. The zero-order valence-electron chi connectivity index (χ0n) is 15.4. The minimum atomic E-state index is 0.0847. The molecule has 2 aliphatic heterocycles. The number of nitrogens with zero attached hydrogens (tertiary/aromatic N) is 5. The minimum absolute atomic E-state index is 0.0847. The van der Waals surface area contributed by atoms with Gasteiger partial charge in [-0.3, -0.25) is 9.58 Å². The lowest BCUT2D eigenvalue weighted by molar-refractivity contribution is 0.229. The summed E-state index contributed by atoms with van der Waals surface area (Å²) in [6.07, 6.45) is 6.06. The Balaban J connectivity index is 1.38. The van der Waals surface area contributed by atoms with Gasteiger partial charge in [0.25, 0.3) is 0 Å². The van der Waals surface area contributed by atoms with E-state index in [2.05, 4.69) is 33.5 Å². The second-order valence-electron chi connectivity index (χ2n) is 7.18. The lowest BCUT2D eigenvalue weighted by atomic mass is 10.0. The van der Waals surface area contributed by atoms with Crippen molar-refractivity contribution in [2.24, 2.45) is 7.05 Å². The Morgan fingerprint density at radius 3 is 2.50 bits per heavy atom. The Labute approximate surface area is 154 Å². The van der Waals surface area contributed by atoms with Crippen LogP contribution >= 0.6 is 0 Å². The van der Waals surface area contributed by atoms with E-state index in [1.807, 2.05) is 42.1 Å². The van der Waals surface area contributed by atoms with E-state index < -0.39 is 0 Å². The Hall–Kier alpha value is -2.70. The summed E-state index contributed by atoms with van der Waals surface area (Å²) in [7, 11) is 3.79. The van der Waals surface area contributed by atoms with Gasteiger partial charge in [-0.25, -0.2) is 4.79 Å². The SMILES string of the molecule is CN1CCN(c2cccc(N3CCC(Nc4cnn(C)c4)CC3)c2)C1=O. The molecule has 1 N–H and O–H groups in total. The van der Waals surface area contributed by atoms with Gasteiger partial charge in [0.2, 0.25) is 0 Å². The van der Waals surface area contributed by atoms with Crippen molar-refractivity contribution in [2.75, 3.05) is 48.3 Å². The maximum Gasteiger partial charge on any atom is 0.324 e. The molecule has 2 amide bonds.